The largest absolute Gasteiger partial charge is 0.490 e. The van der Waals surface area contributed by atoms with Crippen LogP contribution in [0.25, 0.3) is 0 Å². The number of fused-ring (bicyclic) bond motifs is 1. The lowest BCUT2D eigenvalue weighted by Crippen LogP contribution is -2.27. The Morgan fingerprint density at radius 3 is 2.96 bits per heavy atom. The van der Waals surface area contributed by atoms with Crippen molar-refractivity contribution in [2.45, 2.75) is 38.8 Å². The van der Waals surface area contributed by atoms with E-state index in [1.807, 2.05) is 13.1 Å². The van der Waals surface area contributed by atoms with Gasteiger partial charge in [-0.15, -0.1) is 0 Å². The van der Waals surface area contributed by atoms with Crippen molar-refractivity contribution in [1.82, 2.24) is 15.1 Å². The summed E-state index contributed by atoms with van der Waals surface area (Å²) in [5, 5.41) is 8.09. The number of nitrogens with zero attached hydrogens (tertiary/aromatic N) is 2. The molecule has 0 bridgehead atoms. The van der Waals surface area contributed by atoms with E-state index in [2.05, 4.69) is 24.3 Å². The average Bonchev–Trinajstić information content (AvgIpc) is 2.89. The number of methoxy groups -OCH3 is 1. The predicted molar refractivity (Wildman–Crippen MR) is 89.9 cm³/mol. The third-order valence-corrected chi connectivity index (χ3v) is 4.41. The molecule has 0 saturated carbocycles. The summed E-state index contributed by atoms with van der Waals surface area (Å²) < 4.78 is 26.7. The van der Waals surface area contributed by atoms with Crippen LogP contribution in [0.3, 0.4) is 0 Å². The maximum atomic E-state index is 13.9. The third kappa shape index (κ3) is 2.98. The lowest BCUT2D eigenvalue weighted by atomic mass is 9.99. The van der Waals surface area contributed by atoms with Gasteiger partial charge in [0.05, 0.1) is 25.0 Å². The highest BCUT2D eigenvalue weighted by atomic mass is 19.1. The lowest BCUT2D eigenvalue weighted by molar-refractivity contribution is 0.240. The maximum absolute atomic E-state index is 13.9. The first-order valence-electron chi connectivity index (χ1n) is 8.27. The Labute approximate surface area is 141 Å². The molecule has 0 saturated heterocycles. The van der Waals surface area contributed by atoms with E-state index < -0.39 is 0 Å². The van der Waals surface area contributed by atoms with E-state index in [1.165, 1.54) is 6.07 Å². The molecule has 1 aliphatic rings. The molecule has 3 rings (SSSR count). The van der Waals surface area contributed by atoms with Gasteiger partial charge in [0.1, 0.15) is 0 Å². The van der Waals surface area contributed by atoms with Crippen LogP contribution in [-0.2, 0) is 13.6 Å². The molecule has 1 aromatic heterocycles. The lowest BCUT2D eigenvalue weighted by Gasteiger charge is -2.27. The summed E-state index contributed by atoms with van der Waals surface area (Å²) >= 11 is 0. The van der Waals surface area contributed by atoms with Gasteiger partial charge in [0.15, 0.2) is 11.6 Å². The van der Waals surface area contributed by atoms with Crippen molar-refractivity contribution < 1.29 is 13.9 Å². The molecule has 24 heavy (non-hydrogen) atoms. The van der Waals surface area contributed by atoms with Crippen molar-refractivity contribution in [1.29, 1.82) is 0 Å². The summed E-state index contributed by atoms with van der Waals surface area (Å²) in [5.74, 6) is 1.12. The standard InChI is InChI=1S/C18H24FN3O2/c1-11(2)16-13(18(23-4)22(3)21-16)10-20-15-8-9-24-17-12(15)6-5-7-14(17)19/h5-7,11,15,20H,8-10H2,1-4H3. The molecular formula is C18H24FN3O2. The van der Waals surface area contributed by atoms with Gasteiger partial charge in [0, 0.05) is 31.6 Å². The number of hydrogen-bond donors (Lipinski definition) is 1. The number of halogens is 1. The SMILES string of the molecule is COc1c(CNC2CCOc3c(F)cccc32)c(C(C)C)nn1C. The highest BCUT2D eigenvalue weighted by molar-refractivity contribution is 5.39. The fourth-order valence-corrected chi connectivity index (χ4v) is 3.28. The zero-order valence-corrected chi connectivity index (χ0v) is 14.6. The molecule has 1 atom stereocenters. The van der Waals surface area contributed by atoms with Crippen LogP contribution in [0, 0.1) is 5.82 Å². The summed E-state index contributed by atoms with van der Waals surface area (Å²) in [7, 11) is 3.54. The quantitative estimate of drug-likeness (QED) is 0.912. The number of rotatable bonds is 5. The fourth-order valence-electron chi connectivity index (χ4n) is 3.28. The molecule has 0 aliphatic carbocycles. The smallest absolute Gasteiger partial charge is 0.216 e. The number of aromatic nitrogens is 2. The monoisotopic (exact) mass is 333 g/mol. The first-order valence-corrected chi connectivity index (χ1v) is 8.27. The highest BCUT2D eigenvalue weighted by Gasteiger charge is 2.25. The Morgan fingerprint density at radius 1 is 1.46 bits per heavy atom. The summed E-state index contributed by atoms with van der Waals surface area (Å²) in [6.45, 7) is 5.35. The number of nitrogens with one attached hydrogen (secondary N) is 1. The van der Waals surface area contributed by atoms with Crippen LogP contribution in [0.4, 0.5) is 4.39 Å². The molecule has 0 fully saturated rings. The van der Waals surface area contributed by atoms with Gasteiger partial charge in [-0.25, -0.2) is 9.07 Å². The second-order valence-corrected chi connectivity index (χ2v) is 6.38. The van der Waals surface area contributed by atoms with E-state index in [1.54, 1.807) is 17.9 Å². The molecule has 0 amide bonds. The Hall–Kier alpha value is -2.08. The minimum atomic E-state index is -0.305. The van der Waals surface area contributed by atoms with Crippen molar-refractivity contribution in [3.63, 3.8) is 0 Å². The first-order chi connectivity index (χ1) is 11.5. The van der Waals surface area contributed by atoms with Crippen LogP contribution in [0.15, 0.2) is 18.2 Å². The zero-order valence-electron chi connectivity index (χ0n) is 14.6. The van der Waals surface area contributed by atoms with Crippen molar-refractivity contribution in [2.75, 3.05) is 13.7 Å². The Morgan fingerprint density at radius 2 is 2.25 bits per heavy atom. The van der Waals surface area contributed by atoms with Crippen molar-refractivity contribution in [3.05, 3.63) is 40.8 Å². The van der Waals surface area contributed by atoms with Crippen LogP contribution in [-0.4, -0.2) is 23.5 Å². The molecule has 5 nitrogen and oxygen atoms in total. The Kier molecular flexibility index (Phi) is 4.76. The van der Waals surface area contributed by atoms with Gasteiger partial charge >= 0.3 is 0 Å². The van der Waals surface area contributed by atoms with Crippen LogP contribution in [0.5, 0.6) is 11.6 Å². The minimum absolute atomic E-state index is 0.0503. The molecule has 2 aromatic rings. The molecular weight excluding hydrogens is 309 g/mol. The first kappa shape index (κ1) is 16.8. The normalized spacial score (nSPS) is 16.8. The van der Waals surface area contributed by atoms with Gasteiger partial charge in [-0.05, 0) is 12.0 Å². The topological polar surface area (TPSA) is 48.3 Å². The number of para-hydroxylation sites is 1. The molecule has 2 heterocycles. The van der Waals surface area contributed by atoms with Crippen LogP contribution in [0.1, 0.15) is 49.0 Å². The molecule has 0 radical (unpaired) electrons. The van der Waals surface area contributed by atoms with Gasteiger partial charge in [-0.3, -0.25) is 0 Å². The van der Waals surface area contributed by atoms with E-state index in [9.17, 15) is 4.39 Å². The molecule has 1 aromatic carbocycles. The van der Waals surface area contributed by atoms with Gasteiger partial charge < -0.3 is 14.8 Å². The Bertz CT molecular complexity index is 727. The Balaban J connectivity index is 1.84. The summed E-state index contributed by atoms with van der Waals surface area (Å²) in [4.78, 5) is 0. The van der Waals surface area contributed by atoms with Crippen molar-refractivity contribution in [2.24, 2.45) is 7.05 Å². The van der Waals surface area contributed by atoms with Gasteiger partial charge in [0.25, 0.3) is 0 Å². The minimum Gasteiger partial charge on any atom is -0.490 e. The average molecular weight is 333 g/mol. The zero-order chi connectivity index (χ0) is 17.3. The van der Waals surface area contributed by atoms with Gasteiger partial charge in [0.2, 0.25) is 5.88 Å². The van der Waals surface area contributed by atoms with E-state index in [-0.39, 0.29) is 11.9 Å². The second-order valence-electron chi connectivity index (χ2n) is 6.38. The van der Waals surface area contributed by atoms with Crippen LogP contribution >= 0.6 is 0 Å². The molecule has 1 N–H and O–H groups in total. The molecule has 1 aliphatic heterocycles. The third-order valence-electron chi connectivity index (χ3n) is 4.41. The molecule has 1 unspecified atom stereocenters. The number of benzene rings is 1. The predicted octanol–water partition coefficient (Wildman–Crippen LogP) is 3.30. The summed E-state index contributed by atoms with van der Waals surface area (Å²) in [5.41, 5.74) is 2.95. The fraction of sp³-hybridized carbons (Fsp3) is 0.500. The number of hydrogen-bond acceptors (Lipinski definition) is 4. The van der Waals surface area contributed by atoms with Crippen LogP contribution < -0.4 is 14.8 Å². The molecule has 130 valence electrons. The van der Waals surface area contributed by atoms with E-state index in [0.717, 1.165) is 29.1 Å². The maximum Gasteiger partial charge on any atom is 0.216 e. The van der Waals surface area contributed by atoms with Gasteiger partial charge in [-0.1, -0.05) is 26.0 Å². The second kappa shape index (κ2) is 6.81. The highest BCUT2D eigenvalue weighted by Crippen LogP contribution is 2.35. The van der Waals surface area contributed by atoms with E-state index in [0.29, 0.717) is 24.8 Å². The van der Waals surface area contributed by atoms with Crippen molar-refractivity contribution in [3.8, 4) is 11.6 Å². The van der Waals surface area contributed by atoms with Crippen molar-refractivity contribution >= 4 is 0 Å². The molecule has 6 heteroatoms. The van der Waals surface area contributed by atoms with E-state index in [4.69, 9.17) is 9.47 Å². The summed E-state index contributed by atoms with van der Waals surface area (Å²) in [6.07, 6.45) is 0.802. The van der Waals surface area contributed by atoms with Gasteiger partial charge in [-0.2, -0.15) is 5.10 Å². The van der Waals surface area contributed by atoms with E-state index >= 15 is 0 Å². The van der Waals surface area contributed by atoms with Crippen LogP contribution in [0.2, 0.25) is 0 Å². The number of aryl methyl sites for hydroxylation is 1. The summed E-state index contributed by atoms with van der Waals surface area (Å²) in [6, 6.07) is 5.12. The molecule has 0 spiro atoms. The number of ether oxygens (including phenoxy) is 2.